The summed E-state index contributed by atoms with van der Waals surface area (Å²) in [4.78, 5) is 0. The number of hydrogen-bond donors (Lipinski definition) is 0. The van der Waals surface area contributed by atoms with Crippen molar-refractivity contribution in [1.29, 1.82) is 0 Å². The fourth-order valence-electron chi connectivity index (χ4n) is 4.16. The van der Waals surface area contributed by atoms with Gasteiger partial charge in [0, 0.05) is 5.92 Å². The van der Waals surface area contributed by atoms with Crippen molar-refractivity contribution in [1.82, 2.24) is 0 Å². The second-order valence-electron chi connectivity index (χ2n) is 7.67. The third-order valence-corrected chi connectivity index (χ3v) is 6.18. The van der Waals surface area contributed by atoms with Gasteiger partial charge in [-0.15, -0.1) is 0 Å². The minimum atomic E-state index is -3.57. The first-order chi connectivity index (χ1) is 14.5. The van der Waals surface area contributed by atoms with Crippen molar-refractivity contribution in [2.45, 2.75) is 12.5 Å². The summed E-state index contributed by atoms with van der Waals surface area (Å²) in [6.45, 7) is 0.957. The fourth-order valence-corrected chi connectivity index (χ4v) is 4.57. The van der Waals surface area contributed by atoms with Crippen LogP contribution in [0.25, 0.3) is 0 Å². The van der Waals surface area contributed by atoms with E-state index in [1.54, 1.807) is 0 Å². The SMILES string of the molecule is CS(=O)(=O)OC[C@H]1[C@@H](Cc2ccc3c(c2)OCO3)CO[C@@H]1c1ccc2c(c1)OCO2. The van der Waals surface area contributed by atoms with Crippen LogP contribution in [0, 0.1) is 11.8 Å². The van der Waals surface area contributed by atoms with Gasteiger partial charge in [-0.1, -0.05) is 12.1 Å². The van der Waals surface area contributed by atoms with Gasteiger partial charge in [-0.25, -0.2) is 0 Å². The summed E-state index contributed by atoms with van der Waals surface area (Å²) in [5.74, 6) is 2.74. The molecule has 5 rings (SSSR count). The van der Waals surface area contributed by atoms with E-state index in [1.807, 2.05) is 36.4 Å². The minimum absolute atomic E-state index is 0.0488. The molecule has 0 unspecified atom stereocenters. The quantitative estimate of drug-likeness (QED) is 0.641. The highest BCUT2D eigenvalue weighted by atomic mass is 32.2. The Balaban J connectivity index is 1.39. The van der Waals surface area contributed by atoms with E-state index in [2.05, 4.69) is 0 Å². The maximum absolute atomic E-state index is 11.6. The molecule has 0 radical (unpaired) electrons. The van der Waals surface area contributed by atoms with E-state index < -0.39 is 10.1 Å². The Labute approximate surface area is 174 Å². The summed E-state index contributed by atoms with van der Waals surface area (Å²) in [5, 5.41) is 0. The number of ether oxygens (including phenoxy) is 5. The Morgan fingerprint density at radius 1 is 0.933 bits per heavy atom. The van der Waals surface area contributed by atoms with E-state index in [0.29, 0.717) is 24.5 Å². The fraction of sp³-hybridized carbons (Fsp3) is 0.429. The maximum atomic E-state index is 11.6. The smallest absolute Gasteiger partial charge is 0.264 e. The minimum Gasteiger partial charge on any atom is -0.454 e. The molecular formula is C21H22O8S. The molecule has 8 nitrogen and oxygen atoms in total. The molecule has 3 aliphatic rings. The molecule has 160 valence electrons. The summed E-state index contributed by atoms with van der Waals surface area (Å²) in [6, 6.07) is 11.5. The van der Waals surface area contributed by atoms with E-state index in [0.717, 1.165) is 28.9 Å². The lowest BCUT2D eigenvalue weighted by Gasteiger charge is -2.23. The number of hydrogen-bond acceptors (Lipinski definition) is 8. The Bertz CT molecular complexity index is 1050. The van der Waals surface area contributed by atoms with Gasteiger partial charge < -0.3 is 23.7 Å². The van der Waals surface area contributed by atoms with Crippen LogP contribution in [0.1, 0.15) is 17.2 Å². The van der Waals surface area contributed by atoms with Crippen molar-refractivity contribution < 1.29 is 36.3 Å². The molecule has 0 aromatic heterocycles. The summed E-state index contributed by atoms with van der Waals surface area (Å²) >= 11 is 0. The molecule has 3 aliphatic heterocycles. The average molecular weight is 434 g/mol. The average Bonchev–Trinajstić information content (AvgIpc) is 3.44. The van der Waals surface area contributed by atoms with Crippen molar-refractivity contribution in [3.63, 3.8) is 0 Å². The van der Waals surface area contributed by atoms with Crippen molar-refractivity contribution in [2.75, 3.05) is 33.1 Å². The van der Waals surface area contributed by atoms with Crippen LogP contribution in [0.5, 0.6) is 23.0 Å². The molecule has 9 heteroatoms. The Hall–Kier alpha value is -2.49. The van der Waals surface area contributed by atoms with Gasteiger partial charge in [0.2, 0.25) is 13.6 Å². The standard InChI is InChI=1S/C21H22O8S/c1-30(22,23)29-10-16-15(6-13-2-4-17-19(7-13)27-11-25-17)9-24-21(16)14-3-5-18-20(8-14)28-12-26-18/h2-5,7-8,15-16,21H,6,9-12H2,1H3/t15-,16-,21+/m0/s1. The van der Waals surface area contributed by atoms with Crippen LogP contribution in [0.2, 0.25) is 0 Å². The highest BCUT2D eigenvalue weighted by Crippen LogP contribution is 2.44. The number of rotatable bonds is 6. The molecule has 0 N–H and O–H groups in total. The molecule has 3 atom stereocenters. The van der Waals surface area contributed by atoms with Gasteiger partial charge >= 0.3 is 0 Å². The van der Waals surface area contributed by atoms with E-state index >= 15 is 0 Å². The first kappa shape index (κ1) is 19.5. The maximum Gasteiger partial charge on any atom is 0.264 e. The molecular weight excluding hydrogens is 412 g/mol. The van der Waals surface area contributed by atoms with E-state index in [-0.39, 0.29) is 38.1 Å². The molecule has 0 aliphatic carbocycles. The molecule has 3 heterocycles. The zero-order valence-corrected chi connectivity index (χ0v) is 17.2. The van der Waals surface area contributed by atoms with E-state index in [9.17, 15) is 8.42 Å². The van der Waals surface area contributed by atoms with Crippen molar-refractivity contribution in [2.24, 2.45) is 11.8 Å². The van der Waals surface area contributed by atoms with Gasteiger partial charge in [-0.2, -0.15) is 8.42 Å². The predicted molar refractivity (Wildman–Crippen MR) is 105 cm³/mol. The second-order valence-corrected chi connectivity index (χ2v) is 9.31. The van der Waals surface area contributed by atoms with Gasteiger partial charge in [-0.05, 0) is 47.7 Å². The molecule has 1 fully saturated rings. The third kappa shape index (κ3) is 3.92. The Morgan fingerprint density at radius 3 is 2.33 bits per heavy atom. The largest absolute Gasteiger partial charge is 0.454 e. The zero-order chi connectivity index (χ0) is 20.7. The Morgan fingerprint density at radius 2 is 1.60 bits per heavy atom. The van der Waals surface area contributed by atoms with Crippen LogP contribution in [0.3, 0.4) is 0 Å². The van der Waals surface area contributed by atoms with Gasteiger partial charge in [0.05, 0.1) is 25.6 Å². The summed E-state index contributed by atoms with van der Waals surface area (Å²) in [6.07, 6.45) is 1.46. The molecule has 0 amide bonds. The highest BCUT2D eigenvalue weighted by molar-refractivity contribution is 7.85. The lowest BCUT2D eigenvalue weighted by atomic mass is 9.84. The van der Waals surface area contributed by atoms with Crippen LogP contribution in [-0.4, -0.2) is 41.5 Å². The van der Waals surface area contributed by atoms with Crippen molar-refractivity contribution >= 4 is 10.1 Å². The normalized spacial score (nSPS) is 24.4. The molecule has 0 bridgehead atoms. The van der Waals surface area contributed by atoms with E-state index in [1.165, 1.54) is 0 Å². The first-order valence-corrected chi connectivity index (χ1v) is 11.5. The molecule has 0 saturated carbocycles. The Kier molecular flexibility index (Phi) is 4.96. The number of benzene rings is 2. The van der Waals surface area contributed by atoms with Crippen molar-refractivity contribution in [3.8, 4) is 23.0 Å². The highest BCUT2D eigenvalue weighted by Gasteiger charge is 2.39. The molecule has 30 heavy (non-hydrogen) atoms. The third-order valence-electron chi connectivity index (χ3n) is 5.62. The van der Waals surface area contributed by atoms with Crippen LogP contribution in [0.4, 0.5) is 0 Å². The number of fused-ring (bicyclic) bond motifs is 2. The topological polar surface area (TPSA) is 89.5 Å². The van der Waals surface area contributed by atoms with Gasteiger partial charge in [0.25, 0.3) is 10.1 Å². The molecule has 1 saturated heterocycles. The van der Waals surface area contributed by atoms with Gasteiger partial charge in [0.1, 0.15) is 0 Å². The predicted octanol–water partition coefficient (Wildman–Crippen LogP) is 2.67. The molecule has 0 spiro atoms. The zero-order valence-electron chi connectivity index (χ0n) is 16.4. The monoisotopic (exact) mass is 434 g/mol. The van der Waals surface area contributed by atoms with Crippen LogP contribution < -0.4 is 18.9 Å². The van der Waals surface area contributed by atoms with Crippen molar-refractivity contribution in [3.05, 3.63) is 47.5 Å². The second kappa shape index (κ2) is 7.64. The van der Waals surface area contributed by atoms with Gasteiger partial charge in [0.15, 0.2) is 23.0 Å². The van der Waals surface area contributed by atoms with Crippen LogP contribution >= 0.6 is 0 Å². The lowest BCUT2D eigenvalue weighted by molar-refractivity contribution is 0.0770. The van der Waals surface area contributed by atoms with Gasteiger partial charge in [-0.3, -0.25) is 4.18 Å². The first-order valence-electron chi connectivity index (χ1n) is 9.70. The van der Waals surface area contributed by atoms with E-state index in [4.69, 9.17) is 27.9 Å². The summed E-state index contributed by atoms with van der Waals surface area (Å²) in [5.41, 5.74) is 1.98. The summed E-state index contributed by atoms with van der Waals surface area (Å²) < 4.78 is 56.3. The lowest BCUT2D eigenvalue weighted by Crippen LogP contribution is -2.24. The van der Waals surface area contributed by atoms with Crippen LogP contribution in [-0.2, 0) is 25.5 Å². The summed E-state index contributed by atoms with van der Waals surface area (Å²) in [7, 11) is -3.57. The van der Waals surface area contributed by atoms with Crippen LogP contribution in [0.15, 0.2) is 36.4 Å². The molecule has 2 aromatic carbocycles. The molecule has 2 aromatic rings.